The molecule has 0 spiro atoms. The van der Waals surface area contributed by atoms with E-state index in [0.29, 0.717) is 0 Å². The molecule has 0 saturated heterocycles. The molecule has 0 fully saturated rings. The predicted molar refractivity (Wildman–Crippen MR) is 41.9 cm³/mol. The monoisotopic (exact) mass is 134 g/mol. The van der Waals surface area contributed by atoms with Gasteiger partial charge in [0, 0.05) is 31.9 Å². The molecule has 2 aromatic rings. The Balaban J connectivity index is 2.98. The van der Waals surface area contributed by atoms with E-state index in [0.717, 1.165) is 0 Å². The summed E-state index contributed by atoms with van der Waals surface area (Å²) >= 11 is 0. The van der Waals surface area contributed by atoms with Crippen LogP contribution in [0.25, 0.3) is 11.0 Å². The second kappa shape index (κ2) is 1.66. The molecule has 2 aromatic heterocycles. The fourth-order valence-corrected chi connectivity index (χ4v) is 1.39. The SMILES string of the molecule is Cn1ccc2ccn(C)c21. The lowest BCUT2D eigenvalue weighted by Crippen LogP contribution is -1.91. The lowest BCUT2D eigenvalue weighted by Gasteiger charge is -1.95. The fourth-order valence-electron chi connectivity index (χ4n) is 1.39. The first kappa shape index (κ1) is 5.59. The highest BCUT2D eigenvalue weighted by Gasteiger charge is 1.98. The van der Waals surface area contributed by atoms with Crippen molar-refractivity contribution in [2.75, 3.05) is 0 Å². The molecule has 0 unspecified atom stereocenters. The summed E-state index contributed by atoms with van der Waals surface area (Å²) in [5.74, 6) is 0. The summed E-state index contributed by atoms with van der Waals surface area (Å²) in [6, 6.07) is 4.24. The van der Waals surface area contributed by atoms with Crippen LogP contribution in [0.4, 0.5) is 0 Å². The normalized spacial score (nSPS) is 11.0. The van der Waals surface area contributed by atoms with Crippen LogP contribution >= 0.6 is 0 Å². The number of hydrogen-bond acceptors (Lipinski definition) is 0. The van der Waals surface area contributed by atoms with E-state index in [1.54, 1.807) is 0 Å². The van der Waals surface area contributed by atoms with Crippen molar-refractivity contribution in [2.45, 2.75) is 0 Å². The second-order valence-corrected chi connectivity index (χ2v) is 2.63. The summed E-state index contributed by atoms with van der Waals surface area (Å²) in [6.45, 7) is 0. The molecule has 10 heavy (non-hydrogen) atoms. The van der Waals surface area contributed by atoms with Gasteiger partial charge in [-0.05, 0) is 12.1 Å². The van der Waals surface area contributed by atoms with Crippen molar-refractivity contribution in [3.05, 3.63) is 24.5 Å². The lowest BCUT2D eigenvalue weighted by molar-refractivity contribution is 0.866. The van der Waals surface area contributed by atoms with E-state index in [1.807, 2.05) is 0 Å². The van der Waals surface area contributed by atoms with E-state index < -0.39 is 0 Å². The van der Waals surface area contributed by atoms with Crippen molar-refractivity contribution in [1.82, 2.24) is 9.13 Å². The van der Waals surface area contributed by atoms with Gasteiger partial charge in [0.1, 0.15) is 5.65 Å². The summed E-state index contributed by atoms with van der Waals surface area (Å²) in [5, 5.41) is 1.31. The highest BCUT2D eigenvalue weighted by molar-refractivity contribution is 5.77. The molecule has 0 saturated carbocycles. The van der Waals surface area contributed by atoms with E-state index >= 15 is 0 Å². The lowest BCUT2D eigenvalue weighted by atomic mass is 10.4. The Morgan fingerprint density at radius 3 is 1.90 bits per heavy atom. The second-order valence-electron chi connectivity index (χ2n) is 2.63. The van der Waals surface area contributed by atoms with Gasteiger partial charge in [0.25, 0.3) is 0 Å². The van der Waals surface area contributed by atoms with Gasteiger partial charge in [-0.3, -0.25) is 0 Å². The molecule has 0 aliphatic rings. The number of aryl methyl sites for hydroxylation is 2. The molecule has 0 aromatic carbocycles. The van der Waals surface area contributed by atoms with E-state index in [-0.39, 0.29) is 0 Å². The highest BCUT2D eigenvalue weighted by atomic mass is 15.1. The van der Waals surface area contributed by atoms with Crippen LogP contribution in [-0.2, 0) is 14.1 Å². The Hall–Kier alpha value is -1.18. The zero-order valence-electron chi connectivity index (χ0n) is 6.20. The summed E-state index contributed by atoms with van der Waals surface area (Å²) in [7, 11) is 4.12. The molecule has 52 valence electrons. The third kappa shape index (κ3) is 0.533. The van der Waals surface area contributed by atoms with E-state index in [1.165, 1.54) is 11.0 Å². The summed E-state index contributed by atoms with van der Waals surface area (Å²) < 4.78 is 4.24. The molecule has 0 aliphatic heterocycles. The molecule has 0 aliphatic carbocycles. The zero-order valence-corrected chi connectivity index (χ0v) is 6.20. The zero-order chi connectivity index (χ0) is 7.14. The first-order valence-corrected chi connectivity index (χ1v) is 3.35. The maximum absolute atomic E-state index is 2.12. The van der Waals surface area contributed by atoms with Gasteiger partial charge in [0.15, 0.2) is 0 Å². The molecule has 0 N–H and O–H groups in total. The van der Waals surface area contributed by atoms with Crippen molar-refractivity contribution < 1.29 is 0 Å². The topological polar surface area (TPSA) is 9.86 Å². The maximum Gasteiger partial charge on any atom is 0.119 e. The van der Waals surface area contributed by atoms with E-state index in [4.69, 9.17) is 0 Å². The van der Waals surface area contributed by atoms with E-state index in [9.17, 15) is 0 Å². The van der Waals surface area contributed by atoms with Gasteiger partial charge in [-0.1, -0.05) is 0 Å². The number of nitrogens with zero attached hydrogens (tertiary/aromatic N) is 2. The minimum absolute atomic E-state index is 1.28. The first-order chi connectivity index (χ1) is 4.79. The maximum atomic E-state index is 2.12. The Morgan fingerprint density at radius 1 is 1.00 bits per heavy atom. The molecule has 0 bridgehead atoms. The van der Waals surface area contributed by atoms with Gasteiger partial charge >= 0.3 is 0 Å². The number of fused-ring (bicyclic) bond motifs is 1. The smallest absolute Gasteiger partial charge is 0.119 e. The van der Waals surface area contributed by atoms with Gasteiger partial charge in [0.05, 0.1) is 0 Å². The van der Waals surface area contributed by atoms with Crippen LogP contribution in [0.1, 0.15) is 0 Å². The summed E-state index contributed by atoms with van der Waals surface area (Å²) in [4.78, 5) is 0. The minimum Gasteiger partial charge on any atom is -0.337 e. The van der Waals surface area contributed by atoms with Gasteiger partial charge in [-0.15, -0.1) is 0 Å². The van der Waals surface area contributed by atoms with Crippen molar-refractivity contribution >= 4 is 11.0 Å². The molecular weight excluding hydrogens is 124 g/mol. The largest absolute Gasteiger partial charge is 0.337 e. The molecule has 2 heteroatoms. The number of hydrogen-bond donors (Lipinski definition) is 0. The summed E-state index contributed by atoms with van der Waals surface area (Å²) in [5.41, 5.74) is 1.28. The third-order valence-electron chi connectivity index (χ3n) is 1.88. The molecule has 0 atom stereocenters. The Bertz CT molecular complexity index is 323. The molecule has 2 rings (SSSR count). The van der Waals surface area contributed by atoms with Crippen molar-refractivity contribution in [2.24, 2.45) is 14.1 Å². The van der Waals surface area contributed by atoms with Crippen LogP contribution in [-0.4, -0.2) is 9.13 Å². The average Bonchev–Trinajstić information content (AvgIpc) is 2.40. The molecular formula is C8H10N2. The predicted octanol–water partition coefficient (Wildman–Crippen LogP) is 1.52. The molecule has 2 heterocycles. The Kier molecular flexibility index (Phi) is 0.926. The van der Waals surface area contributed by atoms with Gasteiger partial charge in [-0.25, -0.2) is 0 Å². The van der Waals surface area contributed by atoms with Crippen LogP contribution in [0.3, 0.4) is 0 Å². The van der Waals surface area contributed by atoms with Crippen molar-refractivity contribution in [1.29, 1.82) is 0 Å². The van der Waals surface area contributed by atoms with Crippen LogP contribution in [0.5, 0.6) is 0 Å². The van der Waals surface area contributed by atoms with Gasteiger partial charge < -0.3 is 9.13 Å². The minimum atomic E-state index is 1.28. The van der Waals surface area contributed by atoms with Gasteiger partial charge in [0.2, 0.25) is 0 Å². The van der Waals surface area contributed by atoms with Crippen molar-refractivity contribution in [3.8, 4) is 0 Å². The van der Waals surface area contributed by atoms with Crippen molar-refractivity contribution in [3.63, 3.8) is 0 Å². The average molecular weight is 134 g/mol. The summed E-state index contributed by atoms with van der Waals surface area (Å²) in [6.07, 6.45) is 4.15. The standard InChI is InChI=1S/C8H10N2/c1-9-5-3-7-4-6-10(2)8(7)9/h3-6H,1-2H3. The number of aromatic nitrogens is 2. The first-order valence-electron chi connectivity index (χ1n) is 3.35. The molecule has 0 amide bonds. The van der Waals surface area contributed by atoms with Crippen LogP contribution in [0.2, 0.25) is 0 Å². The van der Waals surface area contributed by atoms with Crippen LogP contribution in [0, 0.1) is 0 Å². The Labute approximate surface area is 59.7 Å². The van der Waals surface area contributed by atoms with Gasteiger partial charge in [-0.2, -0.15) is 0 Å². The molecule has 2 nitrogen and oxygen atoms in total. The Morgan fingerprint density at radius 2 is 1.50 bits per heavy atom. The number of rotatable bonds is 0. The third-order valence-corrected chi connectivity index (χ3v) is 1.88. The van der Waals surface area contributed by atoms with Crippen LogP contribution < -0.4 is 0 Å². The quantitative estimate of drug-likeness (QED) is 0.517. The van der Waals surface area contributed by atoms with Crippen LogP contribution in [0.15, 0.2) is 24.5 Å². The van der Waals surface area contributed by atoms with E-state index in [2.05, 4.69) is 47.8 Å². The highest BCUT2D eigenvalue weighted by Crippen LogP contribution is 2.13. The fraction of sp³-hybridized carbons (Fsp3) is 0.250. The molecule has 0 radical (unpaired) electrons.